The number of rotatable bonds is 2. The molecule has 0 aliphatic rings. The lowest BCUT2D eigenvalue weighted by Gasteiger charge is -2.20. The third-order valence-electron chi connectivity index (χ3n) is 2.10. The average Bonchev–Trinajstić information content (AvgIpc) is 2.08. The minimum Gasteiger partial charge on any atom is -0.505 e. The summed E-state index contributed by atoms with van der Waals surface area (Å²) in [5.74, 6) is -1.06. The first-order valence-corrected chi connectivity index (χ1v) is 5.05. The second-order valence-corrected chi connectivity index (χ2v) is 4.86. The lowest BCUT2D eigenvalue weighted by molar-refractivity contribution is 0.415. The van der Waals surface area contributed by atoms with Gasteiger partial charge in [-0.15, -0.1) is 0 Å². The van der Waals surface area contributed by atoms with Gasteiger partial charge in [0.25, 0.3) is 0 Å². The predicted molar refractivity (Wildman–Crippen MR) is 59.8 cm³/mol. The molecular formula is C11H15ClFNO. The van der Waals surface area contributed by atoms with Crippen molar-refractivity contribution in [3.05, 3.63) is 28.0 Å². The van der Waals surface area contributed by atoms with Crippen molar-refractivity contribution in [2.45, 2.75) is 32.7 Å². The Morgan fingerprint density at radius 3 is 2.53 bits per heavy atom. The van der Waals surface area contributed by atoms with E-state index in [9.17, 15) is 9.50 Å². The van der Waals surface area contributed by atoms with Gasteiger partial charge in [-0.1, -0.05) is 11.6 Å². The summed E-state index contributed by atoms with van der Waals surface area (Å²) in [5.41, 5.74) is 6.25. The highest BCUT2D eigenvalue weighted by atomic mass is 35.5. The Kier molecular flexibility index (Phi) is 3.26. The summed E-state index contributed by atoms with van der Waals surface area (Å²) in [6.07, 6.45) is 0.330. The number of benzene rings is 1. The molecule has 1 rings (SSSR count). The largest absolute Gasteiger partial charge is 0.505 e. The normalized spacial score (nSPS) is 11.9. The van der Waals surface area contributed by atoms with E-state index >= 15 is 0 Å². The first kappa shape index (κ1) is 12.3. The molecule has 0 saturated carbocycles. The van der Waals surface area contributed by atoms with Crippen LogP contribution in [0.5, 0.6) is 5.75 Å². The molecule has 0 fully saturated rings. The summed E-state index contributed by atoms with van der Waals surface area (Å²) in [6, 6.07) is 1.21. The van der Waals surface area contributed by atoms with Crippen LogP contribution in [0.3, 0.4) is 0 Å². The molecular weight excluding hydrogens is 217 g/mol. The minimum absolute atomic E-state index is 0.330. The monoisotopic (exact) mass is 231 g/mol. The molecule has 0 radical (unpaired) electrons. The molecule has 0 unspecified atom stereocenters. The van der Waals surface area contributed by atoms with Gasteiger partial charge >= 0.3 is 0 Å². The molecule has 0 atom stereocenters. The molecule has 0 aliphatic carbocycles. The van der Waals surface area contributed by atoms with Gasteiger partial charge in [0.2, 0.25) is 0 Å². The SMILES string of the molecule is Cc1cc(F)c(O)c(CC(C)(C)N)c1Cl. The highest BCUT2D eigenvalue weighted by Gasteiger charge is 2.20. The summed E-state index contributed by atoms with van der Waals surface area (Å²) < 4.78 is 13.2. The van der Waals surface area contributed by atoms with Crippen molar-refractivity contribution in [2.75, 3.05) is 0 Å². The van der Waals surface area contributed by atoms with Crippen LogP contribution >= 0.6 is 11.6 Å². The van der Waals surface area contributed by atoms with E-state index < -0.39 is 17.1 Å². The van der Waals surface area contributed by atoms with E-state index in [4.69, 9.17) is 17.3 Å². The van der Waals surface area contributed by atoms with Crippen LogP contribution in [0.25, 0.3) is 0 Å². The Morgan fingerprint density at radius 2 is 2.07 bits per heavy atom. The highest BCUT2D eigenvalue weighted by Crippen LogP contribution is 2.33. The summed E-state index contributed by atoms with van der Waals surface area (Å²) in [7, 11) is 0. The Labute approximate surface area is 93.9 Å². The zero-order valence-corrected chi connectivity index (χ0v) is 9.82. The maximum Gasteiger partial charge on any atom is 0.165 e. The number of aromatic hydroxyl groups is 1. The lowest BCUT2D eigenvalue weighted by atomic mass is 9.94. The number of halogens is 2. The molecule has 1 aromatic rings. The fraction of sp³-hybridized carbons (Fsp3) is 0.455. The van der Waals surface area contributed by atoms with Crippen LogP contribution in [0.4, 0.5) is 4.39 Å². The van der Waals surface area contributed by atoms with E-state index in [2.05, 4.69) is 0 Å². The molecule has 3 N–H and O–H groups in total. The van der Waals surface area contributed by atoms with Gasteiger partial charge in [0.1, 0.15) is 0 Å². The van der Waals surface area contributed by atoms with E-state index in [1.54, 1.807) is 20.8 Å². The van der Waals surface area contributed by atoms with E-state index in [1.807, 2.05) is 0 Å². The topological polar surface area (TPSA) is 46.2 Å². The first-order chi connectivity index (χ1) is 6.72. The molecule has 0 aliphatic heterocycles. The van der Waals surface area contributed by atoms with Crippen LogP contribution < -0.4 is 5.73 Å². The van der Waals surface area contributed by atoms with Crippen molar-refractivity contribution in [1.82, 2.24) is 0 Å². The van der Waals surface area contributed by atoms with Crippen molar-refractivity contribution in [2.24, 2.45) is 5.73 Å². The van der Waals surface area contributed by atoms with Crippen LogP contribution in [-0.2, 0) is 6.42 Å². The summed E-state index contributed by atoms with van der Waals surface area (Å²) in [4.78, 5) is 0. The van der Waals surface area contributed by atoms with E-state index in [0.29, 0.717) is 22.6 Å². The van der Waals surface area contributed by atoms with Crippen molar-refractivity contribution in [3.8, 4) is 5.75 Å². The lowest BCUT2D eigenvalue weighted by Crippen LogP contribution is -2.34. The molecule has 0 spiro atoms. The molecule has 4 heteroatoms. The molecule has 84 valence electrons. The zero-order valence-electron chi connectivity index (χ0n) is 9.06. The Morgan fingerprint density at radius 1 is 1.53 bits per heavy atom. The van der Waals surface area contributed by atoms with Gasteiger partial charge < -0.3 is 10.8 Å². The maximum atomic E-state index is 13.2. The maximum absolute atomic E-state index is 13.2. The van der Waals surface area contributed by atoms with Crippen LogP contribution in [0.2, 0.25) is 5.02 Å². The van der Waals surface area contributed by atoms with Gasteiger partial charge in [-0.05, 0) is 38.8 Å². The molecule has 0 heterocycles. The third kappa shape index (κ3) is 2.83. The molecule has 0 amide bonds. The van der Waals surface area contributed by atoms with Crippen molar-refractivity contribution >= 4 is 11.6 Å². The van der Waals surface area contributed by atoms with Crippen LogP contribution in [0, 0.1) is 12.7 Å². The smallest absolute Gasteiger partial charge is 0.165 e. The Balaban J connectivity index is 3.27. The number of aryl methyl sites for hydroxylation is 1. The summed E-state index contributed by atoms with van der Waals surface area (Å²) in [5, 5.41) is 9.93. The minimum atomic E-state index is -0.656. The highest BCUT2D eigenvalue weighted by molar-refractivity contribution is 6.32. The van der Waals surface area contributed by atoms with E-state index in [1.165, 1.54) is 6.07 Å². The van der Waals surface area contributed by atoms with Gasteiger partial charge in [0.15, 0.2) is 11.6 Å². The summed E-state index contributed by atoms with van der Waals surface area (Å²) in [6.45, 7) is 5.28. The second-order valence-electron chi connectivity index (χ2n) is 4.48. The fourth-order valence-corrected chi connectivity index (χ4v) is 1.64. The Bertz CT molecular complexity index is 359. The van der Waals surface area contributed by atoms with Crippen molar-refractivity contribution < 1.29 is 9.50 Å². The average molecular weight is 232 g/mol. The van der Waals surface area contributed by atoms with Crippen molar-refractivity contribution in [1.29, 1.82) is 0 Å². The molecule has 15 heavy (non-hydrogen) atoms. The van der Waals surface area contributed by atoms with Crippen LogP contribution in [-0.4, -0.2) is 10.6 Å². The summed E-state index contributed by atoms with van der Waals surface area (Å²) >= 11 is 5.99. The van der Waals surface area contributed by atoms with E-state index in [0.717, 1.165) is 0 Å². The van der Waals surface area contributed by atoms with Gasteiger partial charge in [-0.25, -0.2) is 4.39 Å². The van der Waals surface area contributed by atoms with Gasteiger partial charge in [0.05, 0.1) is 5.02 Å². The van der Waals surface area contributed by atoms with Crippen LogP contribution in [0.15, 0.2) is 6.07 Å². The standard InChI is InChI=1S/C11H15ClFNO/c1-6-4-8(13)10(15)7(9(6)12)5-11(2,3)14/h4,15H,5,14H2,1-3H3. The number of phenols is 1. The molecule has 0 saturated heterocycles. The molecule has 0 aromatic heterocycles. The number of hydrogen-bond donors (Lipinski definition) is 2. The molecule has 0 bridgehead atoms. The third-order valence-corrected chi connectivity index (χ3v) is 2.63. The fourth-order valence-electron chi connectivity index (χ4n) is 1.42. The van der Waals surface area contributed by atoms with Gasteiger partial charge in [0, 0.05) is 11.1 Å². The zero-order chi connectivity index (χ0) is 11.8. The first-order valence-electron chi connectivity index (χ1n) is 4.67. The molecule has 2 nitrogen and oxygen atoms in total. The number of hydrogen-bond acceptors (Lipinski definition) is 2. The van der Waals surface area contributed by atoms with Crippen LogP contribution in [0.1, 0.15) is 25.0 Å². The predicted octanol–water partition coefficient (Wildman–Crippen LogP) is 2.77. The second kappa shape index (κ2) is 3.99. The van der Waals surface area contributed by atoms with E-state index in [-0.39, 0.29) is 0 Å². The number of nitrogens with two attached hydrogens (primary N) is 1. The van der Waals surface area contributed by atoms with Crippen molar-refractivity contribution in [3.63, 3.8) is 0 Å². The Hall–Kier alpha value is -0.800. The quantitative estimate of drug-likeness (QED) is 0.822. The number of phenolic OH excluding ortho intramolecular Hbond substituents is 1. The molecule has 1 aromatic carbocycles. The van der Waals surface area contributed by atoms with Gasteiger partial charge in [-0.2, -0.15) is 0 Å². The van der Waals surface area contributed by atoms with Gasteiger partial charge in [-0.3, -0.25) is 0 Å².